The van der Waals surface area contributed by atoms with Gasteiger partial charge in [0.2, 0.25) is 5.91 Å². The molecule has 6 heteroatoms. The van der Waals surface area contributed by atoms with E-state index in [0.717, 1.165) is 64.2 Å². The van der Waals surface area contributed by atoms with Crippen molar-refractivity contribution in [1.82, 2.24) is 5.32 Å². The molecular formula is C59H101NO5. The molecule has 0 heterocycles. The zero-order chi connectivity index (χ0) is 47.4. The second kappa shape index (κ2) is 51.8. The Labute approximate surface area is 401 Å². The van der Waals surface area contributed by atoms with Gasteiger partial charge >= 0.3 is 5.97 Å². The van der Waals surface area contributed by atoms with Crippen LogP contribution in [0.5, 0.6) is 0 Å². The zero-order valence-corrected chi connectivity index (χ0v) is 42.3. The summed E-state index contributed by atoms with van der Waals surface area (Å²) in [5.74, 6) is -0.707. The Kier molecular flexibility index (Phi) is 49.2. The Balaban J connectivity index is 4.68. The van der Waals surface area contributed by atoms with Crippen LogP contribution in [0.2, 0.25) is 0 Å². The van der Waals surface area contributed by atoms with Gasteiger partial charge < -0.3 is 20.3 Å². The van der Waals surface area contributed by atoms with Crippen molar-refractivity contribution in [2.24, 2.45) is 0 Å². The minimum atomic E-state index is -0.828. The molecule has 6 nitrogen and oxygen atoms in total. The quantitative estimate of drug-likeness (QED) is 0.0321. The molecule has 0 aromatic rings. The highest BCUT2D eigenvalue weighted by Crippen LogP contribution is 2.16. The highest BCUT2D eigenvalue weighted by molar-refractivity contribution is 5.78. The molecule has 0 radical (unpaired) electrons. The van der Waals surface area contributed by atoms with Crippen LogP contribution in [-0.4, -0.2) is 46.9 Å². The second-order valence-corrected chi connectivity index (χ2v) is 17.9. The van der Waals surface area contributed by atoms with Gasteiger partial charge in [-0.15, -0.1) is 0 Å². The maximum atomic E-state index is 13.2. The molecule has 0 fully saturated rings. The van der Waals surface area contributed by atoms with Gasteiger partial charge in [0.1, 0.15) is 6.10 Å². The molecule has 65 heavy (non-hydrogen) atoms. The fourth-order valence-corrected chi connectivity index (χ4v) is 7.60. The molecule has 0 aromatic carbocycles. The molecule has 0 aliphatic rings. The van der Waals surface area contributed by atoms with Crippen molar-refractivity contribution >= 4 is 11.9 Å². The standard InChI is InChI=1S/C59H101NO5/c1-4-7-10-13-16-19-22-24-26-28-29-30-32-34-37-40-43-46-49-52-59(64)65-55(50-47-44-41-38-35-21-18-15-12-9-6-3)53-58(63)60-56(54-61)57(62)51-48-45-42-39-36-33-31-27-25-23-20-17-14-11-8-5-2/h7,10,16,19,24,26,29-30,34,37-38,41,43,46-47,50,55-57,61-62H,4-6,8-9,11-15,17-18,20-23,25,27-28,31-33,35-36,39-40,42,44-45,48-49,51-54H2,1-3H3,(H,60,63)/b10-7-,19-16-,26-24-,30-29-,37-34-,41-38-,46-43-,50-47+. The van der Waals surface area contributed by atoms with E-state index in [1.807, 2.05) is 12.2 Å². The van der Waals surface area contributed by atoms with Crippen molar-refractivity contribution in [3.63, 3.8) is 0 Å². The predicted molar refractivity (Wildman–Crippen MR) is 282 cm³/mol. The monoisotopic (exact) mass is 904 g/mol. The van der Waals surface area contributed by atoms with E-state index >= 15 is 0 Å². The maximum absolute atomic E-state index is 13.2. The Hall–Kier alpha value is -3.22. The molecule has 0 saturated carbocycles. The first kappa shape index (κ1) is 61.8. The summed E-state index contributed by atoms with van der Waals surface area (Å²) in [6.07, 6.45) is 69.4. The number of aliphatic hydroxyl groups is 2. The van der Waals surface area contributed by atoms with Gasteiger partial charge in [0.15, 0.2) is 0 Å². The fourth-order valence-electron chi connectivity index (χ4n) is 7.60. The average molecular weight is 904 g/mol. The van der Waals surface area contributed by atoms with E-state index in [0.29, 0.717) is 19.3 Å². The molecule has 0 saturated heterocycles. The molecule has 0 rings (SSSR count). The van der Waals surface area contributed by atoms with Crippen molar-refractivity contribution in [2.45, 2.75) is 257 Å². The number of nitrogens with one attached hydrogen (secondary N) is 1. The molecule has 3 atom stereocenters. The van der Waals surface area contributed by atoms with Gasteiger partial charge in [-0.2, -0.15) is 0 Å². The van der Waals surface area contributed by atoms with E-state index < -0.39 is 18.2 Å². The highest BCUT2D eigenvalue weighted by atomic mass is 16.5. The van der Waals surface area contributed by atoms with Crippen LogP contribution in [0.25, 0.3) is 0 Å². The van der Waals surface area contributed by atoms with Gasteiger partial charge in [-0.05, 0) is 76.7 Å². The number of allylic oxidation sites excluding steroid dienone is 15. The lowest BCUT2D eigenvalue weighted by Gasteiger charge is -2.23. The first-order valence-electron chi connectivity index (χ1n) is 27.0. The molecule has 0 spiro atoms. The van der Waals surface area contributed by atoms with E-state index in [1.165, 1.54) is 122 Å². The third kappa shape index (κ3) is 47.1. The molecule has 3 unspecified atom stereocenters. The lowest BCUT2D eigenvalue weighted by Crippen LogP contribution is -2.46. The number of carbonyl (C=O) groups excluding carboxylic acids is 2. The van der Waals surface area contributed by atoms with Crippen molar-refractivity contribution < 1.29 is 24.5 Å². The minimum absolute atomic E-state index is 0.0636. The third-order valence-electron chi connectivity index (χ3n) is 11.7. The van der Waals surface area contributed by atoms with E-state index in [2.05, 4.69) is 105 Å². The van der Waals surface area contributed by atoms with Crippen LogP contribution in [0.1, 0.15) is 239 Å². The molecule has 0 aromatic heterocycles. The van der Waals surface area contributed by atoms with Crippen LogP contribution < -0.4 is 5.32 Å². The smallest absolute Gasteiger partial charge is 0.306 e. The van der Waals surface area contributed by atoms with Gasteiger partial charge in [-0.3, -0.25) is 9.59 Å². The SMILES string of the molecule is CC/C=C\C/C=C\C/C=C\C/C=C\C/C=C\C/C=C\CCC(=O)OC(/C=C/C/C=C\CCCCCCCC)CC(=O)NC(CO)C(O)CCCCCCCCCCCCCCCCCC. The topological polar surface area (TPSA) is 95.9 Å². The number of unbranched alkanes of at least 4 members (excludes halogenated alkanes) is 21. The summed E-state index contributed by atoms with van der Waals surface area (Å²) < 4.78 is 5.79. The largest absolute Gasteiger partial charge is 0.458 e. The van der Waals surface area contributed by atoms with Crippen LogP contribution in [-0.2, 0) is 14.3 Å². The molecule has 1 amide bonds. The summed E-state index contributed by atoms with van der Waals surface area (Å²) in [6, 6.07) is -0.753. The first-order chi connectivity index (χ1) is 32.0. The number of aliphatic hydroxyl groups excluding tert-OH is 2. The van der Waals surface area contributed by atoms with Gasteiger partial charge in [0.05, 0.1) is 25.2 Å². The molecular weight excluding hydrogens is 803 g/mol. The normalized spacial score (nSPS) is 14.0. The summed E-state index contributed by atoms with van der Waals surface area (Å²) in [6.45, 7) is 6.31. The molecule has 0 aliphatic heterocycles. The average Bonchev–Trinajstić information content (AvgIpc) is 3.30. The van der Waals surface area contributed by atoms with E-state index in [-0.39, 0.29) is 31.3 Å². The maximum Gasteiger partial charge on any atom is 0.306 e. The van der Waals surface area contributed by atoms with Crippen molar-refractivity contribution in [3.8, 4) is 0 Å². The first-order valence-corrected chi connectivity index (χ1v) is 27.0. The lowest BCUT2D eigenvalue weighted by atomic mass is 10.0. The summed E-state index contributed by atoms with van der Waals surface area (Å²) in [5, 5.41) is 23.7. The second-order valence-electron chi connectivity index (χ2n) is 17.9. The van der Waals surface area contributed by atoms with Crippen molar-refractivity contribution in [2.75, 3.05) is 6.61 Å². The molecule has 0 bridgehead atoms. The summed E-state index contributed by atoms with van der Waals surface area (Å²) in [4.78, 5) is 26.1. The summed E-state index contributed by atoms with van der Waals surface area (Å²) >= 11 is 0. The van der Waals surface area contributed by atoms with E-state index in [1.54, 1.807) is 6.08 Å². The Morgan fingerprint density at radius 2 is 0.862 bits per heavy atom. The van der Waals surface area contributed by atoms with Crippen LogP contribution in [0, 0.1) is 0 Å². The van der Waals surface area contributed by atoms with Gasteiger partial charge in [-0.1, -0.05) is 247 Å². The van der Waals surface area contributed by atoms with Gasteiger partial charge in [0, 0.05) is 6.42 Å². The lowest BCUT2D eigenvalue weighted by molar-refractivity contribution is -0.148. The molecule has 3 N–H and O–H groups in total. The third-order valence-corrected chi connectivity index (χ3v) is 11.7. The van der Waals surface area contributed by atoms with Crippen LogP contribution >= 0.6 is 0 Å². The number of carbonyl (C=O) groups is 2. The summed E-state index contributed by atoms with van der Waals surface area (Å²) in [7, 11) is 0. The number of amides is 1. The molecule has 372 valence electrons. The zero-order valence-electron chi connectivity index (χ0n) is 42.3. The van der Waals surface area contributed by atoms with Crippen LogP contribution in [0.4, 0.5) is 0 Å². The number of rotatable bonds is 47. The fraction of sp³-hybridized carbons (Fsp3) is 0.695. The number of hydrogen-bond donors (Lipinski definition) is 3. The van der Waals surface area contributed by atoms with Crippen molar-refractivity contribution in [3.05, 3.63) is 97.2 Å². The number of hydrogen-bond acceptors (Lipinski definition) is 5. The highest BCUT2D eigenvalue weighted by Gasteiger charge is 2.23. The number of ether oxygens (including phenoxy) is 1. The van der Waals surface area contributed by atoms with Crippen LogP contribution in [0.15, 0.2) is 97.2 Å². The Morgan fingerprint density at radius 1 is 0.477 bits per heavy atom. The van der Waals surface area contributed by atoms with Crippen LogP contribution in [0.3, 0.4) is 0 Å². The predicted octanol–water partition coefficient (Wildman–Crippen LogP) is 16.5. The van der Waals surface area contributed by atoms with E-state index in [9.17, 15) is 19.8 Å². The summed E-state index contributed by atoms with van der Waals surface area (Å²) in [5.41, 5.74) is 0. The van der Waals surface area contributed by atoms with Gasteiger partial charge in [0.25, 0.3) is 0 Å². The van der Waals surface area contributed by atoms with E-state index in [4.69, 9.17) is 4.74 Å². The van der Waals surface area contributed by atoms with Crippen molar-refractivity contribution in [1.29, 1.82) is 0 Å². The Bertz CT molecular complexity index is 1290. The van der Waals surface area contributed by atoms with Gasteiger partial charge in [-0.25, -0.2) is 0 Å². The minimum Gasteiger partial charge on any atom is -0.458 e. The Morgan fingerprint density at radius 3 is 1.31 bits per heavy atom. The number of esters is 1. The molecule has 0 aliphatic carbocycles.